The first-order chi connectivity index (χ1) is 8.85. The average Bonchev–Trinajstić information content (AvgIpc) is 2.34. The zero-order valence-corrected chi connectivity index (χ0v) is 11.2. The molecule has 0 radical (unpaired) electrons. The third-order valence-corrected chi connectivity index (χ3v) is 4.11. The molecule has 104 valence electrons. The van der Waals surface area contributed by atoms with E-state index >= 15 is 0 Å². The summed E-state index contributed by atoms with van der Waals surface area (Å²) in [5.41, 5.74) is -0.192. The lowest BCUT2D eigenvalue weighted by molar-refractivity contribution is 0.195. The SMILES string of the molecule is O=C(O)NCC(=CF)CS(=O)(=O)c1cccc(Cl)c1. The van der Waals surface area contributed by atoms with Gasteiger partial charge >= 0.3 is 6.09 Å². The predicted molar refractivity (Wildman–Crippen MR) is 68.7 cm³/mol. The summed E-state index contributed by atoms with van der Waals surface area (Å²) in [4.78, 5) is 10.2. The van der Waals surface area contributed by atoms with Crippen molar-refractivity contribution in [2.75, 3.05) is 12.3 Å². The number of rotatable bonds is 5. The summed E-state index contributed by atoms with van der Waals surface area (Å²) >= 11 is 5.68. The lowest BCUT2D eigenvalue weighted by Gasteiger charge is -2.07. The number of nitrogens with one attached hydrogen (secondary N) is 1. The van der Waals surface area contributed by atoms with Crippen LogP contribution in [-0.4, -0.2) is 31.9 Å². The molecule has 0 fully saturated rings. The minimum absolute atomic E-state index is 0.0466. The molecule has 0 unspecified atom stereocenters. The Labute approximate surface area is 114 Å². The van der Waals surface area contributed by atoms with Gasteiger partial charge in [0, 0.05) is 11.6 Å². The van der Waals surface area contributed by atoms with E-state index in [4.69, 9.17) is 16.7 Å². The molecule has 0 bridgehead atoms. The molecule has 0 aliphatic heterocycles. The molecule has 0 atom stereocenters. The largest absolute Gasteiger partial charge is 0.465 e. The Kier molecular flexibility index (Phi) is 5.31. The minimum atomic E-state index is -3.77. The zero-order valence-electron chi connectivity index (χ0n) is 9.64. The van der Waals surface area contributed by atoms with Gasteiger partial charge in [0.1, 0.15) is 0 Å². The van der Waals surface area contributed by atoms with Crippen LogP contribution < -0.4 is 5.32 Å². The standard InChI is InChI=1S/C11H11ClFNO4S/c12-9-2-1-3-10(4-9)19(17,18)7-8(5-13)6-14-11(15)16/h1-5,14H,6-7H2,(H,15,16). The Balaban J connectivity index is 2.87. The van der Waals surface area contributed by atoms with E-state index in [0.29, 0.717) is 0 Å². The van der Waals surface area contributed by atoms with Crippen LogP contribution >= 0.6 is 11.6 Å². The first kappa shape index (κ1) is 15.5. The summed E-state index contributed by atoms with van der Waals surface area (Å²) in [6.45, 7) is -0.397. The van der Waals surface area contributed by atoms with E-state index in [1.165, 1.54) is 24.3 Å². The van der Waals surface area contributed by atoms with Gasteiger partial charge in [-0.2, -0.15) is 0 Å². The average molecular weight is 308 g/mol. The summed E-state index contributed by atoms with van der Waals surface area (Å²) in [6, 6.07) is 5.56. The van der Waals surface area contributed by atoms with Crippen molar-refractivity contribution < 1.29 is 22.7 Å². The second-order valence-electron chi connectivity index (χ2n) is 3.64. The summed E-state index contributed by atoms with van der Waals surface area (Å²) in [5.74, 6) is -0.621. The molecular formula is C11H11ClFNO4S. The van der Waals surface area contributed by atoms with Crippen LogP contribution in [-0.2, 0) is 9.84 Å². The van der Waals surface area contributed by atoms with E-state index in [1.807, 2.05) is 5.32 Å². The maximum Gasteiger partial charge on any atom is 0.404 e. The van der Waals surface area contributed by atoms with Crippen molar-refractivity contribution in [2.45, 2.75) is 4.90 Å². The van der Waals surface area contributed by atoms with Gasteiger partial charge in [-0.05, 0) is 23.8 Å². The Morgan fingerprint density at radius 3 is 2.68 bits per heavy atom. The lowest BCUT2D eigenvalue weighted by atomic mass is 10.3. The second-order valence-corrected chi connectivity index (χ2v) is 6.07. The minimum Gasteiger partial charge on any atom is -0.465 e. The van der Waals surface area contributed by atoms with Gasteiger partial charge in [-0.1, -0.05) is 17.7 Å². The lowest BCUT2D eigenvalue weighted by Crippen LogP contribution is -2.25. The van der Waals surface area contributed by atoms with Crippen molar-refractivity contribution in [3.63, 3.8) is 0 Å². The number of hydrogen-bond acceptors (Lipinski definition) is 3. The highest BCUT2D eigenvalue weighted by Crippen LogP contribution is 2.18. The van der Waals surface area contributed by atoms with Gasteiger partial charge in [0.15, 0.2) is 9.84 Å². The molecule has 0 aliphatic rings. The van der Waals surface area contributed by atoms with Gasteiger partial charge in [-0.25, -0.2) is 17.6 Å². The van der Waals surface area contributed by atoms with Crippen molar-refractivity contribution in [3.05, 3.63) is 41.2 Å². The Morgan fingerprint density at radius 2 is 2.16 bits per heavy atom. The van der Waals surface area contributed by atoms with E-state index in [-0.39, 0.29) is 21.8 Å². The van der Waals surface area contributed by atoms with Crippen molar-refractivity contribution in [1.29, 1.82) is 0 Å². The molecule has 8 heteroatoms. The number of hydrogen-bond donors (Lipinski definition) is 2. The third kappa shape index (κ3) is 4.88. The molecule has 0 aromatic heterocycles. The number of sulfone groups is 1. The van der Waals surface area contributed by atoms with Crippen LogP contribution in [0.5, 0.6) is 0 Å². The Bertz CT molecular complexity index is 600. The summed E-state index contributed by atoms with van der Waals surface area (Å²) < 4.78 is 36.5. The van der Waals surface area contributed by atoms with Gasteiger partial charge in [-0.15, -0.1) is 0 Å². The fraction of sp³-hybridized carbons (Fsp3) is 0.182. The van der Waals surface area contributed by atoms with E-state index < -0.39 is 28.2 Å². The summed E-state index contributed by atoms with van der Waals surface area (Å²) in [6.07, 6.45) is -1.28. The highest BCUT2D eigenvalue weighted by atomic mass is 35.5. The van der Waals surface area contributed by atoms with Gasteiger partial charge in [0.05, 0.1) is 17.0 Å². The van der Waals surface area contributed by atoms with E-state index in [2.05, 4.69) is 0 Å². The van der Waals surface area contributed by atoms with Gasteiger partial charge < -0.3 is 10.4 Å². The Morgan fingerprint density at radius 1 is 1.47 bits per heavy atom. The molecule has 0 saturated heterocycles. The highest BCUT2D eigenvalue weighted by molar-refractivity contribution is 7.91. The van der Waals surface area contributed by atoms with Gasteiger partial charge in [-0.3, -0.25) is 0 Å². The quantitative estimate of drug-likeness (QED) is 0.874. The molecule has 0 saturated carbocycles. The fourth-order valence-electron chi connectivity index (χ4n) is 1.30. The molecule has 1 amide bonds. The molecule has 0 heterocycles. The van der Waals surface area contributed by atoms with Crippen LogP contribution in [0.4, 0.5) is 9.18 Å². The van der Waals surface area contributed by atoms with Crippen molar-refractivity contribution >= 4 is 27.5 Å². The molecule has 0 aliphatic carbocycles. The highest BCUT2D eigenvalue weighted by Gasteiger charge is 2.17. The normalized spacial score (nSPS) is 12.2. The van der Waals surface area contributed by atoms with Gasteiger partial charge in [0.2, 0.25) is 0 Å². The first-order valence-corrected chi connectivity index (χ1v) is 7.11. The molecule has 2 N–H and O–H groups in total. The maximum absolute atomic E-state index is 12.5. The molecular weight excluding hydrogens is 297 g/mol. The van der Waals surface area contributed by atoms with E-state index in [9.17, 15) is 17.6 Å². The van der Waals surface area contributed by atoms with E-state index in [0.717, 1.165) is 0 Å². The fourth-order valence-corrected chi connectivity index (χ4v) is 2.97. The third-order valence-electron chi connectivity index (χ3n) is 2.15. The number of carboxylic acid groups (broad SMARTS) is 1. The number of benzene rings is 1. The van der Waals surface area contributed by atoms with Crippen LogP contribution in [0.15, 0.2) is 41.1 Å². The van der Waals surface area contributed by atoms with Crippen LogP contribution in [0.2, 0.25) is 5.02 Å². The monoisotopic (exact) mass is 307 g/mol. The summed E-state index contributed by atoms with van der Waals surface area (Å²) in [5, 5.41) is 10.5. The van der Waals surface area contributed by atoms with E-state index in [1.54, 1.807) is 0 Å². The number of carbonyl (C=O) groups is 1. The summed E-state index contributed by atoms with van der Waals surface area (Å²) in [7, 11) is -3.77. The zero-order chi connectivity index (χ0) is 14.5. The molecule has 0 spiro atoms. The predicted octanol–water partition coefficient (Wildman–Crippen LogP) is 2.23. The smallest absolute Gasteiger partial charge is 0.404 e. The van der Waals surface area contributed by atoms with Crippen LogP contribution in [0.3, 0.4) is 0 Å². The molecule has 1 rings (SSSR count). The molecule has 1 aromatic rings. The second kappa shape index (κ2) is 6.53. The van der Waals surface area contributed by atoms with Crippen molar-refractivity contribution in [1.82, 2.24) is 5.32 Å². The molecule has 19 heavy (non-hydrogen) atoms. The van der Waals surface area contributed by atoms with Crippen LogP contribution in [0, 0.1) is 0 Å². The number of halogens is 2. The number of amides is 1. The van der Waals surface area contributed by atoms with Crippen LogP contribution in [0.1, 0.15) is 0 Å². The maximum atomic E-state index is 12.5. The first-order valence-electron chi connectivity index (χ1n) is 5.08. The van der Waals surface area contributed by atoms with Crippen LogP contribution in [0.25, 0.3) is 0 Å². The Hall–Kier alpha value is -1.60. The van der Waals surface area contributed by atoms with Crippen molar-refractivity contribution in [3.8, 4) is 0 Å². The van der Waals surface area contributed by atoms with Crippen molar-refractivity contribution in [2.24, 2.45) is 0 Å². The van der Waals surface area contributed by atoms with Gasteiger partial charge in [0.25, 0.3) is 0 Å². The molecule has 1 aromatic carbocycles. The molecule has 5 nitrogen and oxygen atoms in total. The topological polar surface area (TPSA) is 83.5 Å².